The van der Waals surface area contributed by atoms with E-state index < -0.39 is 0 Å². The molecule has 0 heterocycles. The van der Waals surface area contributed by atoms with E-state index in [1.165, 1.54) is 5.56 Å². The molecule has 2 aromatic rings. The largest absolute Gasteiger partial charge is 0.497 e. The van der Waals surface area contributed by atoms with E-state index in [9.17, 15) is 0 Å². The number of nitrogens with one attached hydrogen (secondary N) is 1. The number of nitrogens with two attached hydrogens (primary N) is 1. The number of halogens is 1. The molecule has 0 aliphatic carbocycles. The number of ether oxygens (including phenoxy) is 3. The smallest absolute Gasteiger partial charge is 0.193 e. The standard InChI is InChI=1S/C20H27N3O3.HI/c1-24-17-9-10-19(25-2)18(15-17)23-20(21)22-12-6-13-26-14-11-16-7-4-3-5-8-16;/h3-5,7-10,15H,6,11-14H2,1-2H3,(H3,21,22,23);1H. The molecule has 0 saturated carbocycles. The second-order valence-corrected chi connectivity index (χ2v) is 5.66. The van der Waals surface area contributed by atoms with Crippen LogP contribution in [0, 0.1) is 0 Å². The zero-order valence-corrected chi connectivity index (χ0v) is 18.1. The molecule has 3 N–H and O–H groups in total. The number of hydrogen-bond acceptors (Lipinski definition) is 4. The van der Waals surface area contributed by atoms with Crippen molar-refractivity contribution in [3.05, 3.63) is 54.1 Å². The average molecular weight is 485 g/mol. The lowest BCUT2D eigenvalue weighted by Gasteiger charge is -2.12. The lowest BCUT2D eigenvalue weighted by molar-refractivity contribution is 0.136. The predicted molar refractivity (Wildman–Crippen MR) is 121 cm³/mol. The summed E-state index contributed by atoms with van der Waals surface area (Å²) < 4.78 is 16.2. The maximum atomic E-state index is 5.94. The van der Waals surface area contributed by atoms with Crippen molar-refractivity contribution in [2.75, 3.05) is 39.3 Å². The van der Waals surface area contributed by atoms with Gasteiger partial charge >= 0.3 is 0 Å². The van der Waals surface area contributed by atoms with Gasteiger partial charge in [-0.1, -0.05) is 30.3 Å². The highest BCUT2D eigenvalue weighted by atomic mass is 127. The fourth-order valence-electron chi connectivity index (χ4n) is 2.39. The molecule has 0 bridgehead atoms. The second-order valence-electron chi connectivity index (χ2n) is 5.66. The molecule has 0 atom stereocenters. The van der Waals surface area contributed by atoms with Gasteiger partial charge < -0.3 is 25.3 Å². The molecule has 0 aliphatic rings. The number of guanidine groups is 1. The van der Waals surface area contributed by atoms with Crippen LogP contribution in [0.3, 0.4) is 0 Å². The number of rotatable bonds is 10. The van der Waals surface area contributed by atoms with Crippen LogP contribution in [0.2, 0.25) is 0 Å². The third-order valence-corrected chi connectivity index (χ3v) is 3.78. The minimum absolute atomic E-state index is 0. The quantitative estimate of drug-likeness (QED) is 0.232. The topological polar surface area (TPSA) is 78.1 Å². The molecule has 0 unspecified atom stereocenters. The lowest BCUT2D eigenvalue weighted by atomic mass is 10.2. The van der Waals surface area contributed by atoms with Crippen molar-refractivity contribution in [2.45, 2.75) is 12.8 Å². The molecule has 0 fully saturated rings. The van der Waals surface area contributed by atoms with Crippen molar-refractivity contribution in [3.63, 3.8) is 0 Å². The third kappa shape index (κ3) is 8.49. The summed E-state index contributed by atoms with van der Waals surface area (Å²) in [5, 5.41) is 3.04. The van der Waals surface area contributed by atoms with E-state index in [4.69, 9.17) is 19.9 Å². The first kappa shape index (κ1) is 23.0. The molecule has 27 heavy (non-hydrogen) atoms. The zero-order valence-electron chi connectivity index (χ0n) is 15.8. The molecular weight excluding hydrogens is 457 g/mol. The van der Waals surface area contributed by atoms with Crippen molar-refractivity contribution < 1.29 is 14.2 Å². The van der Waals surface area contributed by atoms with Crippen LogP contribution < -0.4 is 20.5 Å². The van der Waals surface area contributed by atoms with Gasteiger partial charge in [0.15, 0.2) is 5.96 Å². The number of anilines is 1. The van der Waals surface area contributed by atoms with Gasteiger partial charge in [0.05, 0.1) is 26.5 Å². The Morgan fingerprint density at radius 3 is 2.52 bits per heavy atom. The number of methoxy groups -OCH3 is 2. The first-order valence-electron chi connectivity index (χ1n) is 8.63. The lowest BCUT2D eigenvalue weighted by Crippen LogP contribution is -2.23. The second kappa shape index (κ2) is 13.2. The summed E-state index contributed by atoms with van der Waals surface area (Å²) in [6, 6.07) is 15.8. The number of benzene rings is 2. The van der Waals surface area contributed by atoms with Gasteiger partial charge in [-0.15, -0.1) is 24.0 Å². The van der Waals surface area contributed by atoms with Gasteiger partial charge in [0.2, 0.25) is 0 Å². The highest BCUT2D eigenvalue weighted by Crippen LogP contribution is 2.28. The summed E-state index contributed by atoms with van der Waals surface area (Å²) in [7, 11) is 3.22. The van der Waals surface area contributed by atoms with Crippen LogP contribution in [0.5, 0.6) is 11.5 Å². The van der Waals surface area contributed by atoms with Gasteiger partial charge in [-0.3, -0.25) is 4.99 Å². The van der Waals surface area contributed by atoms with Gasteiger partial charge in [-0.05, 0) is 30.5 Å². The molecular formula is C20H28IN3O3. The normalized spacial score (nSPS) is 10.8. The summed E-state index contributed by atoms with van der Waals surface area (Å²) in [5.74, 6) is 1.72. The molecule has 2 rings (SSSR count). The maximum Gasteiger partial charge on any atom is 0.193 e. The number of nitrogens with zero attached hydrogens (tertiary/aromatic N) is 1. The van der Waals surface area contributed by atoms with Crippen LogP contribution in [0.25, 0.3) is 0 Å². The Morgan fingerprint density at radius 1 is 1.04 bits per heavy atom. The highest BCUT2D eigenvalue weighted by Gasteiger charge is 2.05. The molecule has 0 spiro atoms. The fourth-order valence-corrected chi connectivity index (χ4v) is 2.39. The Kier molecular flexibility index (Phi) is 11.3. The van der Waals surface area contributed by atoms with E-state index in [-0.39, 0.29) is 24.0 Å². The summed E-state index contributed by atoms with van der Waals surface area (Å²) >= 11 is 0. The van der Waals surface area contributed by atoms with Crippen LogP contribution >= 0.6 is 24.0 Å². The van der Waals surface area contributed by atoms with E-state index >= 15 is 0 Å². The van der Waals surface area contributed by atoms with Crippen LogP contribution in [0.1, 0.15) is 12.0 Å². The van der Waals surface area contributed by atoms with E-state index in [0.717, 1.165) is 12.8 Å². The zero-order chi connectivity index (χ0) is 18.6. The van der Waals surface area contributed by atoms with Crippen molar-refractivity contribution in [3.8, 4) is 11.5 Å². The van der Waals surface area contributed by atoms with Crippen LogP contribution in [0.15, 0.2) is 53.5 Å². The Morgan fingerprint density at radius 2 is 1.81 bits per heavy atom. The van der Waals surface area contributed by atoms with Gasteiger partial charge in [-0.2, -0.15) is 0 Å². The maximum absolute atomic E-state index is 5.94. The molecule has 7 heteroatoms. The average Bonchev–Trinajstić information content (AvgIpc) is 2.68. The molecule has 6 nitrogen and oxygen atoms in total. The Hall–Kier alpha value is -2.00. The summed E-state index contributed by atoms with van der Waals surface area (Å²) in [6.07, 6.45) is 1.73. The Labute approximate surface area is 178 Å². The van der Waals surface area contributed by atoms with Crippen molar-refractivity contribution in [1.29, 1.82) is 0 Å². The molecule has 0 saturated heterocycles. The molecule has 0 aromatic heterocycles. The fraction of sp³-hybridized carbons (Fsp3) is 0.350. The first-order valence-corrected chi connectivity index (χ1v) is 8.63. The van der Waals surface area contributed by atoms with Gasteiger partial charge in [0.25, 0.3) is 0 Å². The van der Waals surface area contributed by atoms with Gasteiger partial charge in [0, 0.05) is 19.2 Å². The molecule has 0 radical (unpaired) electrons. The van der Waals surface area contributed by atoms with E-state index in [2.05, 4.69) is 22.4 Å². The number of aliphatic imine (C=N–C) groups is 1. The van der Waals surface area contributed by atoms with Gasteiger partial charge in [0.1, 0.15) is 11.5 Å². The summed E-state index contributed by atoms with van der Waals surface area (Å²) in [5.41, 5.74) is 7.94. The SMILES string of the molecule is COc1ccc(OC)c(NC(N)=NCCCOCCc2ccccc2)c1.I. The molecule has 148 valence electrons. The van der Waals surface area contributed by atoms with E-state index in [1.807, 2.05) is 36.4 Å². The van der Waals surface area contributed by atoms with E-state index in [0.29, 0.717) is 42.9 Å². The van der Waals surface area contributed by atoms with Crippen molar-refractivity contribution in [2.24, 2.45) is 10.7 Å². The van der Waals surface area contributed by atoms with Crippen molar-refractivity contribution >= 4 is 35.6 Å². The Balaban J connectivity index is 0.00000364. The third-order valence-electron chi connectivity index (χ3n) is 3.78. The molecule has 0 aliphatic heterocycles. The van der Waals surface area contributed by atoms with Crippen LogP contribution in [-0.4, -0.2) is 39.9 Å². The minimum atomic E-state index is 0. The summed E-state index contributed by atoms with van der Waals surface area (Å²) in [6.45, 7) is 1.96. The van der Waals surface area contributed by atoms with Crippen LogP contribution in [0.4, 0.5) is 5.69 Å². The van der Waals surface area contributed by atoms with Gasteiger partial charge in [-0.25, -0.2) is 0 Å². The monoisotopic (exact) mass is 485 g/mol. The highest BCUT2D eigenvalue weighted by molar-refractivity contribution is 14.0. The van der Waals surface area contributed by atoms with Crippen molar-refractivity contribution in [1.82, 2.24) is 0 Å². The predicted octanol–water partition coefficient (Wildman–Crippen LogP) is 3.70. The summed E-state index contributed by atoms with van der Waals surface area (Å²) in [4.78, 5) is 4.31. The molecule has 2 aromatic carbocycles. The number of hydrogen-bond donors (Lipinski definition) is 2. The van der Waals surface area contributed by atoms with Crippen LogP contribution in [-0.2, 0) is 11.2 Å². The minimum Gasteiger partial charge on any atom is -0.497 e. The molecule has 0 amide bonds. The Bertz CT molecular complexity index is 696. The van der Waals surface area contributed by atoms with E-state index in [1.54, 1.807) is 14.2 Å². The first-order chi connectivity index (χ1) is 12.7.